The van der Waals surface area contributed by atoms with Gasteiger partial charge in [-0.05, 0) is 6.92 Å². The molecule has 0 bridgehead atoms. The monoisotopic (exact) mass is 165 g/mol. The molecule has 1 aromatic heterocycles. The summed E-state index contributed by atoms with van der Waals surface area (Å²) in [5.41, 5.74) is 0.301. The van der Waals surface area contributed by atoms with Crippen molar-refractivity contribution in [3.63, 3.8) is 0 Å². The Bertz CT molecular complexity index is 297. The molecule has 0 aliphatic rings. The lowest BCUT2D eigenvalue weighted by molar-refractivity contribution is -0.130. The van der Waals surface area contributed by atoms with Crippen LogP contribution in [-0.2, 0) is 4.79 Å². The van der Waals surface area contributed by atoms with Gasteiger partial charge < -0.3 is 4.74 Å². The summed E-state index contributed by atoms with van der Waals surface area (Å²) < 4.78 is 4.68. The summed E-state index contributed by atoms with van der Waals surface area (Å²) >= 11 is 0. The maximum absolute atomic E-state index is 10.9. The van der Waals surface area contributed by atoms with Crippen molar-refractivity contribution in [2.24, 2.45) is 0 Å². The Morgan fingerprint density at radius 2 is 2.08 bits per heavy atom. The summed E-state index contributed by atoms with van der Waals surface area (Å²) in [6.45, 7) is 4.95. The van der Waals surface area contributed by atoms with E-state index in [1.165, 1.54) is 12.7 Å². The van der Waals surface area contributed by atoms with E-state index in [0.29, 0.717) is 5.57 Å². The molecule has 0 radical (unpaired) electrons. The molecule has 0 atom stereocenters. The molecule has 1 aromatic rings. The molecule has 1 rings (SSSR count). The van der Waals surface area contributed by atoms with Crippen LogP contribution in [0.4, 0.5) is 0 Å². The zero-order chi connectivity index (χ0) is 8.97. The predicted molar refractivity (Wildman–Crippen MR) is 40.3 cm³/mol. The molecule has 0 spiro atoms. The van der Waals surface area contributed by atoms with Crippen molar-refractivity contribution in [2.45, 2.75) is 6.92 Å². The van der Waals surface area contributed by atoms with Crippen LogP contribution in [0.25, 0.3) is 0 Å². The van der Waals surface area contributed by atoms with Crippen LogP contribution in [0.5, 0.6) is 6.01 Å². The van der Waals surface area contributed by atoms with Gasteiger partial charge in [0.05, 0.1) is 0 Å². The first-order valence-electron chi connectivity index (χ1n) is 3.20. The number of ether oxygens (including phenoxy) is 1. The average Bonchev–Trinajstić information content (AvgIpc) is 2.06. The first-order valence-corrected chi connectivity index (χ1v) is 3.20. The topological polar surface area (TPSA) is 65.0 Å². The molecule has 1 heterocycles. The van der Waals surface area contributed by atoms with Crippen LogP contribution >= 0.6 is 0 Å². The highest BCUT2D eigenvalue weighted by molar-refractivity contribution is 5.88. The molecular weight excluding hydrogens is 158 g/mol. The van der Waals surface area contributed by atoms with E-state index in [4.69, 9.17) is 0 Å². The number of carbonyl (C=O) groups is 1. The van der Waals surface area contributed by atoms with Crippen LogP contribution in [0.3, 0.4) is 0 Å². The van der Waals surface area contributed by atoms with Gasteiger partial charge in [0.25, 0.3) is 0 Å². The van der Waals surface area contributed by atoms with Crippen molar-refractivity contribution < 1.29 is 9.53 Å². The van der Waals surface area contributed by atoms with Crippen molar-refractivity contribution >= 4 is 5.97 Å². The van der Waals surface area contributed by atoms with Crippen LogP contribution in [0.15, 0.2) is 24.8 Å². The molecule has 0 unspecified atom stereocenters. The maximum atomic E-state index is 10.9. The van der Waals surface area contributed by atoms with Gasteiger partial charge >= 0.3 is 12.0 Å². The van der Waals surface area contributed by atoms with Gasteiger partial charge in [0.15, 0.2) is 0 Å². The van der Waals surface area contributed by atoms with E-state index in [9.17, 15) is 4.79 Å². The van der Waals surface area contributed by atoms with E-state index in [0.717, 1.165) is 0 Å². The lowest BCUT2D eigenvalue weighted by Crippen LogP contribution is -2.10. The number of esters is 1. The fraction of sp³-hybridized carbons (Fsp3) is 0.143. The Kier molecular flexibility index (Phi) is 2.47. The molecule has 0 saturated carbocycles. The van der Waals surface area contributed by atoms with Crippen LogP contribution in [0, 0.1) is 0 Å². The van der Waals surface area contributed by atoms with Crippen molar-refractivity contribution in [3.05, 3.63) is 24.8 Å². The predicted octanol–water partition coefficient (Wildman–Crippen LogP) is 0.353. The standard InChI is InChI=1S/C7H7N3O2/c1-5(2)6(11)12-7-9-3-8-4-10-7/h3-4H,1H2,2H3. The smallest absolute Gasteiger partial charge is 0.340 e. The molecule has 0 aliphatic carbocycles. The van der Waals surface area contributed by atoms with Gasteiger partial charge in [-0.15, -0.1) is 0 Å². The molecule has 0 amide bonds. The summed E-state index contributed by atoms with van der Waals surface area (Å²) in [6, 6.07) is -0.0157. The fourth-order valence-corrected chi connectivity index (χ4v) is 0.451. The van der Waals surface area contributed by atoms with Gasteiger partial charge in [0.2, 0.25) is 0 Å². The Labute approximate surface area is 69.1 Å². The molecule has 0 fully saturated rings. The zero-order valence-electron chi connectivity index (χ0n) is 6.52. The lowest BCUT2D eigenvalue weighted by atomic mass is 10.4. The molecule has 5 nitrogen and oxygen atoms in total. The number of rotatable bonds is 2. The highest BCUT2D eigenvalue weighted by Gasteiger charge is 2.05. The van der Waals surface area contributed by atoms with Crippen molar-refractivity contribution in [1.82, 2.24) is 15.0 Å². The van der Waals surface area contributed by atoms with Crippen LogP contribution in [0.2, 0.25) is 0 Å². The summed E-state index contributed by atoms with van der Waals surface area (Å²) in [5.74, 6) is -0.541. The zero-order valence-corrected chi connectivity index (χ0v) is 6.52. The molecule has 62 valence electrons. The second kappa shape index (κ2) is 3.56. The Morgan fingerprint density at radius 1 is 1.50 bits per heavy atom. The van der Waals surface area contributed by atoms with Gasteiger partial charge in [-0.2, -0.15) is 9.97 Å². The largest absolute Gasteiger partial charge is 0.387 e. The molecule has 0 aromatic carbocycles. The Morgan fingerprint density at radius 3 is 2.58 bits per heavy atom. The lowest BCUT2D eigenvalue weighted by Gasteiger charge is -1.98. The minimum Gasteiger partial charge on any atom is -0.387 e. The Hall–Kier alpha value is -1.78. The minimum absolute atomic E-state index is 0.0157. The molecule has 0 N–H and O–H groups in total. The van der Waals surface area contributed by atoms with Crippen LogP contribution in [-0.4, -0.2) is 20.9 Å². The van der Waals surface area contributed by atoms with Gasteiger partial charge in [-0.3, -0.25) is 0 Å². The van der Waals surface area contributed by atoms with Crippen LogP contribution < -0.4 is 4.74 Å². The summed E-state index contributed by atoms with van der Waals surface area (Å²) in [4.78, 5) is 21.6. The first-order chi connectivity index (χ1) is 5.70. The molecule has 12 heavy (non-hydrogen) atoms. The molecular formula is C7H7N3O2. The quantitative estimate of drug-likeness (QED) is 0.467. The van der Waals surface area contributed by atoms with Gasteiger partial charge in [0, 0.05) is 5.57 Å². The van der Waals surface area contributed by atoms with Gasteiger partial charge in [0.1, 0.15) is 12.7 Å². The SMILES string of the molecule is C=C(C)C(=O)Oc1ncncn1. The third-order valence-corrected chi connectivity index (χ3v) is 1.00. The fourth-order valence-electron chi connectivity index (χ4n) is 0.451. The van der Waals surface area contributed by atoms with E-state index in [-0.39, 0.29) is 6.01 Å². The summed E-state index contributed by atoms with van der Waals surface area (Å²) in [7, 11) is 0. The average molecular weight is 165 g/mol. The first kappa shape index (κ1) is 8.32. The highest BCUT2D eigenvalue weighted by atomic mass is 16.5. The minimum atomic E-state index is -0.541. The van der Waals surface area contributed by atoms with E-state index in [1.807, 2.05) is 0 Å². The molecule has 5 heteroatoms. The van der Waals surface area contributed by atoms with E-state index >= 15 is 0 Å². The van der Waals surface area contributed by atoms with E-state index < -0.39 is 5.97 Å². The molecule has 0 aliphatic heterocycles. The second-order valence-corrected chi connectivity index (χ2v) is 2.09. The van der Waals surface area contributed by atoms with Crippen molar-refractivity contribution in [1.29, 1.82) is 0 Å². The third-order valence-electron chi connectivity index (χ3n) is 1.00. The van der Waals surface area contributed by atoms with Crippen LogP contribution in [0.1, 0.15) is 6.92 Å². The van der Waals surface area contributed by atoms with Crippen molar-refractivity contribution in [3.8, 4) is 6.01 Å². The maximum Gasteiger partial charge on any atom is 0.340 e. The van der Waals surface area contributed by atoms with Gasteiger partial charge in [-0.25, -0.2) is 9.78 Å². The number of carbonyl (C=O) groups excluding carboxylic acids is 1. The highest BCUT2D eigenvalue weighted by Crippen LogP contribution is 1.99. The third kappa shape index (κ3) is 2.12. The number of hydrogen-bond acceptors (Lipinski definition) is 5. The second-order valence-electron chi connectivity index (χ2n) is 2.09. The summed E-state index contributed by atoms with van der Waals surface area (Å²) in [5, 5.41) is 0. The van der Waals surface area contributed by atoms with Crippen molar-refractivity contribution in [2.75, 3.05) is 0 Å². The Balaban J connectivity index is 2.65. The normalized spacial score (nSPS) is 9.08. The summed E-state index contributed by atoms with van der Waals surface area (Å²) in [6.07, 6.45) is 2.49. The van der Waals surface area contributed by atoms with E-state index in [2.05, 4.69) is 26.3 Å². The van der Waals surface area contributed by atoms with E-state index in [1.54, 1.807) is 6.92 Å². The molecule has 0 saturated heterocycles. The van der Waals surface area contributed by atoms with Gasteiger partial charge in [-0.1, -0.05) is 6.58 Å². The number of hydrogen-bond donors (Lipinski definition) is 0. The number of aromatic nitrogens is 3. The number of nitrogens with zero attached hydrogens (tertiary/aromatic N) is 3.